The van der Waals surface area contributed by atoms with Crippen molar-refractivity contribution in [1.82, 2.24) is 5.32 Å². The predicted molar refractivity (Wildman–Crippen MR) is 59.1 cm³/mol. The molecule has 0 amide bonds. The van der Waals surface area contributed by atoms with E-state index >= 15 is 0 Å². The second-order valence-corrected chi connectivity index (χ2v) is 5.33. The second-order valence-electron chi connectivity index (χ2n) is 5.33. The van der Waals surface area contributed by atoms with Gasteiger partial charge in [0.2, 0.25) is 5.92 Å². The highest BCUT2D eigenvalue weighted by Crippen LogP contribution is 2.40. The van der Waals surface area contributed by atoms with Crippen molar-refractivity contribution in [1.29, 1.82) is 0 Å². The second kappa shape index (κ2) is 4.88. The molecule has 1 saturated heterocycles. The minimum Gasteiger partial charge on any atom is -0.480 e. The van der Waals surface area contributed by atoms with Gasteiger partial charge in [0.05, 0.1) is 0 Å². The number of nitrogens with one attached hydrogen (secondary N) is 1. The number of aliphatic carboxylic acids is 1. The maximum atomic E-state index is 13.0. The third kappa shape index (κ3) is 3.15. The summed E-state index contributed by atoms with van der Waals surface area (Å²) in [5.41, 5.74) is 0. The Morgan fingerprint density at radius 2 is 1.76 bits per heavy atom. The molecule has 0 bridgehead atoms. The monoisotopic (exact) mass is 247 g/mol. The molecule has 1 saturated carbocycles. The van der Waals surface area contributed by atoms with Gasteiger partial charge < -0.3 is 10.4 Å². The van der Waals surface area contributed by atoms with Crippen LogP contribution in [-0.4, -0.2) is 29.6 Å². The summed E-state index contributed by atoms with van der Waals surface area (Å²) in [4.78, 5) is 10.8. The first-order valence-electron chi connectivity index (χ1n) is 6.32. The number of halogens is 2. The predicted octanol–water partition coefficient (Wildman–Crippen LogP) is 2.26. The zero-order valence-corrected chi connectivity index (χ0v) is 9.79. The fraction of sp³-hybridized carbons (Fsp3) is 0.917. The van der Waals surface area contributed by atoms with E-state index in [9.17, 15) is 13.6 Å². The topological polar surface area (TPSA) is 49.3 Å². The first-order chi connectivity index (χ1) is 7.98. The molecular formula is C12H19F2NO2. The van der Waals surface area contributed by atoms with E-state index in [0.717, 1.165) is 6.42 Å². The minimum atomic E-state index is -2.47. The molecular weight excluding hydrogens is 228 g/mol. The van der Waals surface area contributed by atoms with Gasteiger partial charge in [0.25, 0.3) is 0 Å². The van der Waals surface area contributed by atoms with Crippen molar-refractivity contribution in [3.63, 3.8) is 0 Å². The summed E-state index contributed by atoms with van der Waals surface area (Å²) in [5, 5.41) is 11.8. The van der Waals surface area contributed by atoms with Crippen LogP contribution in [0.15, 0.2) is 0 Å². The Morgan fingerprint density at radius 1 is 1.12 bits per heavy atom. The summed E-state index contributed by atoms with van der Waals surface area (Å²) in [6, 6.07) is -0.448. The van der Waals surface area contributed by atoms with Gasteiger partial charge in [0.15, 0.2) is 0 Å². The van der Waals surface area contributed by atoms with Crippen LogP contribution in [0.5, 0.6) is 0 Å². The lowest BCUT2D eigenvalue weighted by Gasteiger charge is -2.37. The van der Waals surface area contributed by atoms with Crippen LogP contribution < -0.4 is 5.32 Å². The quantitative estimate of drug-likeness (QED) is 0.787. The summed E-state index contributed by atoms with van der Waals surface area (Å²) < 4.78 is 26.0. The molecule has 0 radical (unpaired) electrons. The van der Waals surface area contributed by atoms with Crippen LogP contribution in [0.2, 0.25) is 0 Å². The Bertz CT molecular complexity index is 278. The normalized spacial score (nSPS) is 34.5. The van der Waals surface area contributed by atoms with Crippen LogP contribution in [0, 0.1) is 11.8 Å². The Labute approximate surface area is 99.6 Å². The number of carboxylic acids is 1. The maximum Gasteiger partial charge on any atom is 0.320 e. The molecule has 0 aromatic heterocycles. The third-order valence-electron chi connectivity index (χ3n) is 4.18. The van der Waals surface area contributed by atoms with Crippen LogP contribution in [0.1, 0.15) is 38.5 Å². The van der Waals surface area contributed by atoms with E-state index in [2.05, 4.69) is 5.32 Å². The molecule has 0 aromatic rings. The van der Waals surface area contributed by atoms with E-state index in [-0.39, 0.29) is 12.8 Å². The lowest BCUT2D eigenvalue weighted by atomic mass is 9.75. The first kappa shape index (κ1) is 12.7. The molecule has 5 heteroatoms. The molecule has 3 nitrogen and oxygen atoms in total. The Balaban J connectivity index is 1.80. The fourth-order valence-electron chi connectivity index (χ4n) is 3.03. The molecule has 17 heavy (non-hydrogen) atoms. The molecule has 2 aliphatic rings. The molecule has 2 N–H and O–H groups in total. The third-order valence-corrected chi connectivity index (χ3v) is 4.18. The molecule has 2 unspecified atom stereocenters. The molecule has 0 aromatic carbocycles. The summed E-state index contributed by atoms with van der Waals surface area (Å²) >= 11 is 0. The summed E-state index contributed by atoms with van der Waals surface area (Å²) in [6.07, 6.45) is 2.62. The average molecular weight is 247 g/mol. The molecule has 2 rings (SSSR count). The molecule has 0 spiro atoms. The van der Waals surface area contributed by atoms with Crippen LogP contribution in [0.3, 0.4) is 0 Å². The highest BCUT2D eigenvalue weighted by Gasteiger charge is 2.38. The zero-order chi connectivity index (χ0) is 12.5. The van der Waals surface area contributed by atoms with E-state index in [1.807, 2.05) is 0 Å². The molecule has 1 aliphatic carbocycles. The van der Waals surface area contributed by atoms with Crippen molar-refractivity contribution in [3.8, 4) is 0 Å². The highest BCUT2D eigenvalue weighted by atomic mass is 19.3. The summed E-state index contributed by atoms with van der Waals surface area (Å²) in [6.45, 7) is 0.660. The highest BCUT2D eigenvalue weighted by molar-refractivity contribution is 5.73. The van der Waals surface area contributed by atoms with E-state index < -0.39 is 17.9 Å². The molecule has 1 heterocycles. The van der Waals surface area contributed by atoms with Gasteiger partial charge in [-0.3, -0.25) is 4.79 Å². The van der Waals surface area contributed by atoms with Gasteiger partial charge in [-0.15, -0.1) is 0 Å². The summed E-state index contributed by atoms with van der Waals surface area (Å²) in [7, 11) is 0. The fourth-order valence-corrected chi connectivity index (χ4v) is 3.03. The van der Waals surface area contributed by atoms with E-state index in [1.165, 1.54) is 0 Å². The Morgan fingerprint density at radius 3 is 2.24 bits per heavy atom. The van der Waals surface area contributed by atoms with Gasteiger partial charge in [-0.1, -0.05) is 0 Å². The van der Waals surface area contributed by atoms with Crippen molar-refractivity contribution >= 4 is 5.97 Å². The molecule has 98 valence electrons. The van der Waals surface area contributed by atoms with E-state index in [1.54, 1.807) is 0 Å². The summed E-state index contributed by atoms with van der Waals surface area (Å²) in [5.74, 6) is -2.56. The number of hydrogen-bond donors (Lipinski definition) is 2. The van der Waals surface area contributed by atoms with Gasteiger partial charge in [0.1, 0.15) is 6.04 Å². The maximum absolute atomic E-state index is 13.0. The largest absolute Gasteiger partial charge is 0.480 e. The van der Waals surface area contributed by atoms with Crippen LogP contribution >= 0.6 is 0 Å². The van der Waals surface area contributed by atoms with Crippen molar-refractivity contribution in [3.05, 3.63) is 0 Å². The number of carbonyl (C=O) groups is 1. The van der Waals surface area contributed by atoms with Crippen LogP contribution in [0.25, 0.3) is 0 Å². The van der Waals surface area contributed by atoms with Crippen LogP contribution in [-0.2, 0) is 4.79 Å². The van der Waals surface area contributed by atoms with Crippen LogP contribution in [0.4, 0.5) is 8.78 Å². The number of rotatable bonds is 2. The van der Waals surface area contributed by atoms with Gasteiger partial charge >= 0.3 is 5.97 Å². The standard InChI is InChI=1S/C12H19F2NO2/c13-12(14)5-3-8(4-6-12)9-1-2-10(11(16)17)15-7-9/h8-10,15H,1-7H2,(H,16,17). The average Bonchev–Trinajstić information content (AvgIpc) is 2.29. The lowest BCUT2D eigenvalue weighted by molar-refractivity contribution is -0.140. The number of hydrogen-bond acceptors (Lipinski definition) is 2. The Hall–Kier alpha value is -0.710. The van der Waals surface area contributed by atoms with Crippen molar-refractivity contribution < 1.29 is 18.7 Å². The van der Waals surface area contributed by atoms with E-state index in [0.29, 0.717) is 37.6 Å². The smallest absolute Gasteiger partial charge is 0.320 e. The number of carboxylic acid groups (broad SMARTS) is 1. The lowest BCUT2D eigenvalue weighted by Crippen LogP contribution is -2.46. The number of piperidine rings is 1. The SMILES string of the molecule is O=C(O)C1CCC(C2CCC(F)(F)CC2)CN1. The molecule has 1 aliphatic heterocycles. The molecule has 2 fully saturated rings. The van der Waals surface area contributed by atoms with Crippen molar-refractivity contribution in [2.75, 3.05) is 6.54 Å². The Kier molecular flexibility index (Phi) is 3.66. The van der Waals surface area contributed by atoms with Gasteiger partial charge in [-0.25, -0.2) is 8.78 Å². The number of alkyl halides is 2. The van der Waals surface area contributed by atoms with Crippen molar-refractivity contribution in [2.45, 2.75) is 50.5 Å². The minimum absolute atomic E-state index is 0.00345. The first-order valence-corrected chi connectivity index (χ1v) is 6.32. The van der Waals surface area contributed by atoms with E-state index in [4.69, 9.17) is 5.11 Å². The van der Waals surface area contributed by atoms with Gasteiger partial charge in [-0.05, 0) is 44.1 Å². The molecule has 2 atom stereocenters. The van der Waals surface area contributed by atoms with Gasteiger partial charge in [0, 0.05) is 12.8 Å². The zero-order valence-electron chi connectivity index (χ0n) is 9.79. The van der Waals surface area contributed by atoms with Gasteiger partial charge in [-0.2, -0.15) is 0 Å². The van der Waals surface area contributed by atoms with Crippen molar-refractivity contribution in [2.24, 2.45) is 11.8 Å².